The van der Waals surface area contributed by atoms with Crippen LogP contribution in [0, 0.1) is 5.82 Å². The molecule has 3 nitrogen and oxygen atoms in total. The zero-order chi connectivity index (χ0) is 19.7. The highest BCUT2D eigenvalue weighted by molar-refractivity contribution is 6.39. The molecule has 0 unspecified atom stereocenters. The highest BCUT2D eigenvalue weighted by atomic mass is 19.1. The van der Waals surface area contributed by atoms with Crippen molar-refractivity contribution in [3.05, 3.63) is 118 Å². The fourth-order valence-electron chi connectivity index (χ4n) is 3.38. The highest BCUT2D eigenvalue weighted by Crippen LogP contribution is 2.30. The van der Waals surface area contributed by atoms with Gasteiger partial charge in [0.15, 0.2) is 17.3 Å². The number of benzene rings is 3. The standard InChI is InChI=1S/C24H15FO3/c25-17-12-10-15(11-13-17)14-20-21(22(26)16-6-2-1-3-7-16)24(28)19-9-5-4-8-18(19)23(20)27/h1-13H,14H2. The topological polar surface area (TPSA) is 51.2 Å². The second-order valence-electron chi connectivity index (χ2n) is 6.56. The number of rotatable bonds is 4. The molecule has 0 aromatic heterocycles. The van der Waals surface area contributed by atoms with E-state index in [4.69, 9.17) is 0 Å². The number of hydrogen-bond acceptors (Lipinski definition) is 3. The summed E-state index contributed by atoms with van der Waals surface area (Å²) < 4.78 is 13.2. The first-order chi connectivity index (χ1) is 13.6. The van der Waals surface area contributed by atoms with Gasteiger partial charge in [-0.3, -0.25) is 14.4 Å². The molecule has 0 saturated heterocycles. The van der Waals surface area contributed by atoms with Gasteiger partial charge < -0.3 is 0 Å². The van der Waals surface area contributed by atoms with Gasteiger partial charge in [-0.25, -0.2) is 4.39 Å². The van der Waals surface area contributed by atoms with Crippen LogP contribution in [0.15, 0.2) is 90.0 Å². The fraction of sp³-hybridized carbons (Fsp3) is 0.0417. The summed E-state index contributed by atoms with van der Waals surface area (Å²) >= 11 is 0. The van der Waals surface area contributed by atoms with E-state index in [1.54, 1.807) is 66.7 Å². The highest BCUT2D eigenvalue weighted by Gasteiger charge is 2.35. The smallest absolute Gasteiger partial charge is 0.198 e. The summed E-state index contributed by atoms with van der Waals surface area (Å²) in [7, 11) is 0. The maximum Gasteiger partial charge on any atom is 0.198 e. The molecule has 3 aromatic rings. The van der Waals surface area contributed by atoms with Gasteiger partial charge in [-0.1, -0.05) is 66.7 Å². The summed E-state index contributed by atoms with van der Waals surface area (Å²) in [5, 5.41) is 0. The monoisotopic (exact) mass is 370 g/mol. The van der Waals surface area contributed by atoms with E-state index in [-0.39, 0.29) is 34.5 Å². The van der Waals surface area contributed by atoms with Gasteiger partial charge in [-0.2, -0.15) is 0 Å². The molecule has 0 heterocycles. The predicted octanol–water partition coefficient (Wildman–Crippen LogP) is 4.63. The molecule has 0 N–H and O–H groups in total. The van der Waals surface area contributed by atoms with Gasteiger partial charge in [0.1, 0.15) is 5.82 Å². The van der Waals surface area contributed by atoms with Crippen LogP contribution in [0.3, 0.4) is 0 Å². The van der Waals surface area contributed by atoms with Crippen molar-refractivity contribution in [2.45, 2.75) is 6.42 Å². The lowest BCUT2D eigenvalue weighted by Crippen LogP contribution is -2.27. The van der Waals surface area contributed by atoms with Crippen LogP contribution >= 0.6 is 0 Å². The van der Waals surface area contributed by atoms with Gasteiger partial charge in [-0.15, -0.1) is 0 Å². The number of allylic oxidation sites excluding steroid dienone is 2. The molecule has 136 valence electrons. The van der Waals surface area contributed by atoms with Crippen molar-refractivity contribution in [3.8, 4) is 0 Å². The number of ketones is 3. The average molecular weight is 370 g/mol. The number of carbonyl (C=O) groups is 3. The first-order valence-corrected chi connectivity index (χ1v) is 8.82. The Kier molecular flexibility index (Phi) is 4.53. The van der Waals surface area contributed by atoms with E-state index in [9.17, 15) is 18.8 Å². The van der Waals surface area contributed by atoms with Crippen LogP contribution in [0.5, 0.6) is 0 Å². The largest absolute Gasteiger partial charge is 0.289 e. The Hall–Kier alpha value is -3.66. The van der Waals surface area contributed by atoms with Crippen molar-refractivity contribution in [2.75, 3.05) is 0 Å². The quantitative estimate of drug-likeness (QED) is 0.497. The van der Waals surface area contributed by atoms with Gasteiger partial charge in [0, 0.05) is 28.7 Å². The third kappa shape index (κ3) is 3.09. The number of hydrogen-bond donors (Lipinski definition) is 0. The minimum absolute atomic E-state index is 0.0765. The van der Waals surface area contributed by atoms with Crippen LogP contribution in [0.25, 0.3) is 0 Å². The Morgan fingerprint density at radius 2 is 1.29 bits per heavy atom. The molecule has 0 aliphatic heterocycles. The lowest BCUT2D eigenvalue weighted by Gasteiger charge is -2.20. The molecule has 1 aliphatic carbocycles. The van der Waals surface area contributed by atoms with Gasteiger partial charge in [0.25, 0.3) is 0 Å². The number of carbonyl (C=O) groups excluding carboxylic acids is 3. The number of halogens is 1. The Balaban J connectivity index is 1.88. The van der Waals surface area contributed by atoms with Gasteiger partial charge in [0.05, 0.1) is 5.57 Å². The van der Waals surface area contributed by atoms with E-state index in [2.05, 4.69) is 0 Å². The molecule has 0 fully saturated rings. The summed E-state index contributed by atoms with van der Waals surface area (Å²) in [6.45, 7) is 0. The van der Waals surface area contributed by atoms with Crippen molar-refractivity contribution in [1.82, 2.24) is 0 Å². The van der Waals surface area contributed by atoms with Crippen LogP contribution in [-0.4, -0.2) is 17.3 Å². The Morgan fingerprint density at radius 3 is 1.93 bits per heavy atom. The van der Waals surface area contributed by atoms with Crippen molar-refractivity contribution in [3.63, 3.8) is 0 Å². The number of fused-ring (bicyclic) bond motifs is 1. The van der Waals surface area contributed by atoms with E-state index >= 15 is 0 Å². The molecule has 1 aliphatic rings. The molecule has 0 bridgehead atoms. The lowest BCUT2D eigenvalue weighted by atomic mass is 9.79. The second kappa shape index (κ2) is 7.16. The van der Waals surface area contributed by atoms with Crippen molar-refractivity contribution < 1.29 is 18.8 Å². The van der Waals surface area contributed by atoms with Crippen molar-refractivity contribution in [1.29, 1.82) is 0 Å². The molecule has 0 spiro atoms. The van der Waals surface area contributed by atoms with E-state index in [1.807, 2.05) is 0 Å². The molecule has 28 heavy (non-hydrogen) atoms. The van der Waals surface area contributed by atoms with Crippen LogP contribution in [0.2, 0.25) is 0 Å². The number of Topliss-reactive ketones (excluding diaryl/α,β-unsaturated/α-hetero) is 3. The summed E-state index contributed by atoms with van der Waals surface area (Å²) in [4.78, 5) is 39.4. The fourth-order valence-corrected chi connectivity index (χ4v) is 3.38. The second-order valence-corrected chi connectivity index (χ2v) is 6.56. The van der Waals surface area contributed by atoms with Gasteiger partial charge >= 0.3 is 0 Å². The maximum absolute atomic E-state index is 13.2. The first-order valence-electron chi connectivity index (χ1n) is 8.82. The third-order valence-electron chi connectivity index (χ3n) is 4.78. The molecular formula is C24H15FO3. The first kappa shape index (κ1) is 17.7. The minimum Gasteiger partial charge on any atom is -0.289 e. The van der Waals surface area contributed by atoms with Gasteiger partial charge in [-0.05, 0) is 17.7 Å². The van der Waals surface area contributed by atoms with E-state index in [1.165, 1.54) is 12.1 Å². The average Bonchev–Trinajstić information content (AvgIpc) is 2.74. The molecule has 0 amide bonds. The zero-order valence-corrected chi connectivity index (χ0v) is 14.8. The summed E-state index contributed by atoms with van der Waals surface area (Å²) in [6.07, 6.45) is 0.0765. The normalized spacial score (nSPS) is 13.5. The van der Waals surface area contributed by atoms with Crippen LogP contribution in [-0.2, 0) is 6.42 Å². The molecule has 0 saturated carbocycles. The zero-order valence-electron chi connectivity index (χ0n) is 14.8. The molecule has 4 rings (SSSR count). The summed E-state index contributed by atoms with van der Waals surface area (Å²) in [5.74, 6) is -1.68. The Bertz CT molecular complexity index is 1130. The maximum atomic E-state index is 13.2. The minimum atomic E-state index is -0.481. The van der Waals surface area contributed by atoms with Crippen LogP contribution in [0.4, 0.5) is 4.39 Å². The van der Waals surface area contributed by atoms with Crippen molar-refractivity contribution in [2.24, 2.45) is 0 Å². The van der Waals surface area contributed by atoms with Crippen molar-refractivity contribution >= 4 is 17.3 Å². The Morgan fingerprint density at radius 1 is 0.714 bits per heavy atom. The van der Waals surface area contributed by atoms with E-state index in [0.717, 1.165) is 0 Å². The Labute approximate surface area is 161 Å². The molecule has 0 atom stereocenters. The van der Waals surface area contributed by atoms with E-state index < -0.39 is 17.4 Å². The van der Waals surface area contributed by atoms with Crippen LogP contribution in [0.1, 0.15) is 36.6 Å². The molecule has 0 radical (unpaired) electrons. The van der Waals surface area contributed by atoms with Crippen LogP contribution < -0.4 is 0 Å². The molecular weight excluding hydrogens is 355 g/mol. The molecule has 4 heteroatoms. The SMILES string of the molecule is O=C(C1=C(Cc2ccc(F)cc2)C(=O)c2ccccc2C1=O)c1ccccc1. The predicted molar refractivity (Wildman–Crippen MR) is 103 cm³/mol. The van der Waals surface area contributed by atoms with E-state index in [0.29, 0.717) is 11.1 Å². The summed E-state index contributed by atoms with van der Waals surface area (Å²) in [5.41, 5.74) is 1.54. The summed E-state index contributed by atoms with van der Waals surface area (Å²) in [6, 6.07) is 20.6. The third-order valence-corrected chi connectivity index (χ3v) is 4.78. The lowest BCUT2D eigenvalue weighted by molar-refractivity contribution is 0.0926. The van der Waals surface area contributed by atoms with Gasteiger partial charge in [0.2, 0.25) is 0 Å². The molecule has 3 aromatic carbocycles.